The van der Waals surface area contributed by atoms with Crippen LogP contribution in [0.3, 0.4) is 0 Å². The van der Waals surface area contributed by atoms with E-state index in [2.05, 4.69) is 48.5 Å². The van der Waals surface area contributed by atoms with Crippen molar-refractivity contribution in [2.24, 2.45) is 0 Å². The number of anilines is 2. The summed E-state index contributed by atoms with van der Waals surface area (Å²) >= 11 is 5.85. The lowest BCUT2D eigenvalue weighted by atomic mass is 10.2. The predicted molar refractivity (Wildman–Crippen MR) is 84.4 cm³/mol. The Balaban J connectivity index is 1.82. The first-order chi connectivity index (χ1) is 9.15. The van der Waals surface area contributed by atoms with Crippen LogP contribution in [-0.4, -0.2) is 20.1 Å². The van der Waals surface area contributed by atoms with Gasteiger partial charge in [-0.3, -0.25) is 0 Å². The highest BCUT2D eigenvalue weighted by molar-refractivity contribution is 6.30. The normalized spacial score (nSPS) is 10.3. The zero-order valence-electron chi connectivity index (χ0n) is 11.4. The number of halogens is 1. The lowest BCUT2D eigenvalue weighted by Gasteiger charge is -2.20. The fourth-order valence-corrected chi connectivity index (χ4v) is 1.99. The second kappa shape index (κ2) is 6.48. The summed E-state index contributed by atoms with van der Waals surface area (Å²) in [4.78, 5) is 2.24. The van der Waals surface area contributed by atoms with Crippen molar-refractivity contribution in [2.45, 2.75) is 6.92 Å². The molecule has 2 aromatic carbocycles. The molecule has 0 aromatic heterocycles. The van der Waals surface area contributed by atoms with Gasteiger partial charge in [-0.1, -0.05) is 29.3 Å². The van der Waals surface area contributed by atoms with Crippen LogP contribution in [0, 0.1) is 6.92 Å². The predicted octanol–water partition coefficient (Wildman–Crippen LogP) is 4.20. The number of rotatable bonds is 5. The fourth-order valence-electron chi connectivity index (χ4n) is 1.86. The molecular weight excluding hydrogens is 256 g/mol. The Morgan fingerprint density at radius 3 is 2.26 bits per heavy atom. The molecule has 0 aliphatic rings. The van der Waals surface area contributed by atoms with Crippen molar-refractivity contribution in [3.63, 3.8) is 0 Å². The number of benzene rings is 2. The maximum absolute atomic E-state index is 5.85. The minimum Gasteiger partial charge on any atom is -0.383 e. The molecule has 0 heterocycles. The molecule has 1 N–H and O–H groups in total. The Hall–Kier alpha value is -1.67. The average Bonchev–Trinajstić information content (AvgIpc) is 2.41. The molecule has 100 valence electrons. The van der Waals surface area contributed by atoms with Crippen LogP contribution in [0.25, 0.3) is 0 Å². The molecule has 2 aromatic rings. The van der Waals surface area contributed by atoms with Crippen LogP contribution in [0.4, 0.5) is 11.4 Å². The molecule has 0 saturated carbocycles. The molecule has 0 fully saturated rings. The lowest BCUT2D eigenvalue weighted by molar-refractivity contribution is 0.914. The minimum atomic E-state index is 0.766. The van der Waals surface area contributed by atoms with Crippen molar-refractivity contribution in [1.29, 1.82) is 0 Å². The zero-order valence-corrected chi connectivity index (χ0v) is 12.1. The van der Waals surface area contributed by atoms with Crippen LogP contribution in [-0.2, 0) is 0 Å². The van der Waals surface area contributed by atoms with Crippen molar-refractivity contribution < 1.29 is 0 Å². The molecular formula is C16H19ClN2. The van der Waals surface area contributed by atoms with Gasteiger partial charge in [0.05, 0.1) is 0 Å². The quantitative estimate of drug-likeness (QED) is 0.879. The molecule has 19 heavy (non-hydrogen) atoms. The van der Waals surface area contributed by atoms with Crippen molar-refractivity contribution in [3.05, 3.63) is 59.1 Å². The summed E-state index contributed by atoms with van der Waals surface area (Å²) in [6, 6.07) is 16.4. The summed E-state index contributed by atoms with van der Waals surface area (Å²) < 4.78 is 0. The Morgan fingerprint density at radius 1 is 1.00 bits per heavy atom. The average molecular weight is 275 g/mol. The topological polar surface area (TPSA) is 15.3 Å². The Morgan fingerprint density at radius 2 is 1.63 bits per heavy atom. The second-order valence-corrected chi connectivity index (χ2v) is 5.13. The highest BCUT2D eigenvalue weighted by Crippen LogP contribution is 2.14. The fraction of sp³-hybridized carbons (Fsp3) is 0.250. The molecule has 2 nitrogen and oxygen atoms in total. The third kappa shape index (κ3) is 4.18. The van der Waals surface area contributed by atoms with E-state index in [1.165, 1.54) is 11.3 Å². The number of hydrogen-bond donors (Lipinski definition) is 1. The van der Waals surface area contributed by atoms with Gasteiger partial charge in [0.15, 0.2) is 0 Å². The molecule has 0 atom stereocenters. The molecule has 0 radical (unpaired) electrons. The summed E-state index contributed by atoms with van der Waals surface area (Å²) in [7, 11) is 2.11. The summed E-state index contributed by atoms with van der Waals surface area (Å²) in [6.07, 6.45) is 0. The molecule has 3 heteroatoms. The van der Waals surface area contributed by atoms with Crippen LogP contribution in [0.5, 0.6) is 0 Å². The highest BCUT2D eigenvalue weighted by Gasteiger charge is 2.00. The van der Waals surface area contributed by atoms with Crippen molar-refractivity contribution in [3.8, 4) is 0 Å². The number of likely N-dealkylation sites (N-methyl/N-ethyl adjacent to an activating group) is 1. The van der Waals surface area contributed by atoms with Gasteiger partial charge in [0.1, 0.15) is 0 Å². The van der Waals surface area contributed by atoms with Crippen molar-refractivity contribution >= 4 is 23.0 Å². The van der Waals surface area contributed by atoms with E-state index in [0.29, 0.717) is 0 Å². The maximum atomic E-state index is 5.85. The first-order valence-electron chi connectivity index (χ1n) is 6.42. The van der Waals surface area contributed by atoms with Gasteiger partial charge in [-0.05, 0) is 43.3 Å². The molecule has 0 saturated heterocycles. The zero-order chi connectivity index (χ0) is 13.7. The van der Waals surface area contributed by atoms with E-state index in [9.17, 15) is 0 Å². The molecule has 0 aliphatic carbocycles. The van der Waals surface area contributed by atoms with Gasteiger partial charge in [0.25, 0.3) is 0 Å². The molecule has 0 bridgehead atoms. The third-order valence-electron chi connectivity index (χ3n) is 3.10. The Bertz CT molecular complexity index is 505. The summed E-state index contributed by atoms with van der Waals surface area (Å²) in [5, 5.41) is 4.15. The number of aryl methyl sites for hydroxylation is 1. The standard InChI is InChI=1S/C16H19ClN2/c1-13-3-9-16(10-4-13)19(2)12-11-18-15-7-5-14(17)6-8-15/h3-10,18H,11-12H2,1-2H3. The summed E-state index contributed by atoms with van der Waals surface area (Å²) in [5.74, 6) is 0. The van der Waals surface area contributed by atoms with Gasteiger partial charge in [-0.15, -0.1) is 0 Å². The molecule has 0 spiro atoms. The van der Waals surface area contributed by atoms with E-state index in [4.69, 9.17) is 11.6 Å². The van der Waals surface area contributed by atoms with Crippen LogP contribution < -0.4 is 10.2 Å². The first-order valence-corrected chi connectivity index (χ1v) is 6.80. The van der Waals surface area contributed by atoms with E-state index in [0.717, 1.165) is 23.8 Å². The lowest BCUT2D eigenvalue weighted by Crippen LogP contribution is -2.24. The molecule has 0 aliphatic heterocycles. The monoisotopic (exact) mass is 274 g/mol. The van der Waals surface area contributed by atoms with Crippen molar-refractivity contribution in [2.75, 3.05) is 30.4 Å². The smallest absolute Gasteiger partial charge is 0.0407 e. The Labute approximate surface area is 120 Å². The van der Waals surface area contributed by atoms with E-state index in [1.54, 1.807) is 0 Å². The van der Waals surface area contributed by atoms with Gasteiger partial charge in [0.2, 0.25) is 0 Å². The van der Waals surface area contributed by atoms with Crippen LogP contribution in [0.2, 0.25) is 5.02 Å². The molecule has 2 rings (SSSR count). The van der Waals surface area contributed by atoms with Crippen molar-refractivity contribution in [1.82, 2.24) is 0 Å². The summed E-state index contributed by atoms with van der Waals surface area (Å²) in [6.45, 7) is 3.95. The van der Waals surface area contributed by atoms with Crippen LogP contribution in [0.1, 0.15) is 5.56 Å². The van der Waals surface area contributed by atoms with Gasteiger partial charge < -0.3 is 10.2 Å². The summed E-state index contributed by atoms with van der Waals surface area (Å²) in [5.41, 5.74) is 3.63. The van der Waals surface area contributed by atoms with Gasteiger partial charge in [-0.2, -0.15) is 0 Å². The second-order valence-electron chi connectivity index (χ2n) is 4.69. The first kappa shape index (κ1) is 13.8. The SMILES string of the molecule is Cc1ccc(N(C)CCNc2ccc(Cl)cc2)cc1. The van der Waals surface area contributed by atoms with Gasteiger partial charge in [-0.25, -0.2) is 0 Å². The Kier molecular flexibility index (Phi) is 4.69. The highest BCUT2D eigenvalue weighted by atomic mass is 35.5. The van der Waals surface area contributed by atoms with Crippen LogP contribution >= 0.6 is 11.6 Å². The van der Waals surface area contributed by atoms with Gasteiger partial charge in [0, 0.05) is 36.5 Å². The number of hydrogen-bond acceptors (Lipinski definition) is 2. The van der Waals surface area contributed by atoms with Gasteiger partial charge >= 0.3 is 0 Å². The molecule has 0 amide bonds. The maximum Gasteiger partial charge on any atom is 0.0407 e. The van der Waals surface area contributed by atoms with E-state index >= 15 is 0 Å². The number of nitrogens with zero attached hydrogens (tertiary/aromatic N) is 1. The van der Waals surface area contributed by atoms with E-state index < -0.39 is 0 Å². The van der Waals surface area contributed by atoms with E-state index in [1.807, 2.05) is 24.3 Å². The molecule has 0 unspecified atom stereocenters. The largest absolute Gasteiger partial charge is 0.383 e. The van der Waals surface area contributed by atoms with Crippen LogP contribution in [0.15, 0.2) is 48.5 Å². The van der Waals surface area contributed by atoms with E-state index in [-0.39, 0.29) is 0 Å². The minimum absolute atomic E-state index is 0.766. The third-order valence-corrected chi connectivity index (χ3v) is 3.35. The number of nitrogens with one attached hydrogen (secondary N) is 1.